The number of amides is 2. The summed E-state index contributed by atoms with van der Waals surface area (Å²) >= 11 is 5.63. The van der Waals surface area contributed by atoms with Gasteiger partial charge in [-0.15, -0.1) is 0 Å². The highest BCUT2D eigenvalue weighted by atomic mass is 35.5. The number of carbonyl (C=O) groups is 2. The van der Waals surface area contributed by atoms with Crippen molar-refractivity contribution in [3.63, 3.8) is 0 Å². The Labute approximate surface area is 175 Å². The van der Waals surface area contributed by atoms with Crippen molar-refractivity contribution < 1.29 is 27.5 Å². The highest BCUT2D eigenvalue weighted by Gasteiger charge is 2.33. The van der Waals surface area contributed by atoms with Gasteiger partial charge in [-0.2, -0.15) is 13.2 Å². The fraction of sp³-hybridized carbons (Fsp3) is 0.250. The molecule has 0 radical (unpaired) electrons. The van der Waals surface area contributed by atoms with Crippen LogP contribution in [0, 0.1) is 0 Å². The van der Waals surface area contributed by atoms with Crippen LogP contribution in [0.25, 0.3) is 0 Å². The number of rotatable bonds is 5. The third kappa shape index (κ3) is 5.10. The molecule has 1 aliphatic rings. The van der Waals surface area contributed by atoms with E-state index in [1.807, 2.05) is 0 Å². The lowest BCUT2D eigenvalue weighted by atomic mass is 10.1. The summed E-state index contributed by atoms with van der Waals surface area (Å²) < 4.78 is 44.4. The molecular formula is C20H17ClF3N3O3. The number of nitrogens with zero attached hydrogens (tertiary/aromatic N) is 2. The van der Waals surface area contributed by atoms with Gasteiger partial charge < -0.3 is 15.0 Å². The van der Waals surface area contributed by atoms with E-state index in [1.54, 1.807) is 18.2 Å². The molecule has 0 saturated carbocycles. The van der Waals surface area contributed by atoms with Gasteiger partial charge in [0.05, 0.1) is 22.0 Å². The fourth-order valence-corrected chi connectivity index (χ4v) is 3.07. The summed E-state index contributed by atoms with van der Waals surface area (Å²) in [7, 11) is 0. The second kappa shape index (κ2) is 8.74. The summed E-state index contributed by atoms with van der Waals surface area (Å²) in [6.45, 7) is 1.76. The van der Waals surface area contributed by atoms with Gasteiger partial charge in [0, 0.05) is 26.2 Å². The zero-order chi connectivity index (χ0) is 21.9. The monoisotopic (exact) mass is 439 g/mol. The Hall–Kier alpha value is -3.07. The number of fused-ring (bicyclic) bond motifs is 1. The van der Waals surface area contributed by atoms with Crippen molar-refractivity contribution in [1.82, 2.24) is 5.32 Å². The van der Waals surface area contributed by atoms with Crippen LogP contribution in [0.2, 0.25) is 5.02 Å². The minimum Gasteiger partial charge on any atom is -0.482 e. The average Bonchev–Trinajstić information content (AvgIpc) is 2.68. The number of hydrogen-bond donors (Lipinski definition) is 1. The zero-order valence-corrected chi connectivity index (χ0v) is 16.5. The van der Waals surface area contributed by atoms with Gasteiger partial charge in [-0.1, -0.05) is 17.7 Å². The summed E-state index contributed by atoms with van der Waals surface area (Å²) in [4.78, 5) is 29.0. The minimum absolute atomic E-state index is 0.124. The Morgan fingerprint density at radius 2 is 2.07 bits per heavy atom. The Bertz CT molecular complexity index is 1010. The number of anilines is 1. The fourth-order valence-electron chi connectivity index (χ4n) is 2.85. The topological polar surface area (TPSA) is 71.0 Å². The standard InChI is InChI=1S/C20H17ClF3N3O3/c1-12(28)25-6-7-27-17-9-14(3-5-18(17)30-11-19(27)29)26-10-13-2-4-16(21)15(8-13)20(22,23)24/h2-5,8-10H,6-7,11H2,1H3,(H,25,28). The van der Waals surface area contributed by atoms with Crippen molar-refractivity contribution in [2.45, 2.75) is 13.1 Å². The Morgan fingerprint density at radius 1 is 1.30 bits per heavy atom. The molecule has 30 heavy (non-hydrogen) atoms. The van der Waals surface area contributed by atoms with E-state index < -0.39 is 11.7 Å². The Balaban J connectivity index is 1.84. The molecule has 0 atom stereocenters. The SMILES string of the molecule is CC(=O)NCCN1C(=O)COc2ccc(N=Cc3ccc(Cl)c(C(F)(F)F)c3)cc21. The predicted octanol–water partition coefficient (Wildman–Crippen LogP) is 3.97. The molecule has 1 N–H and O–H groups in total. The molecule has 0 aromatic heterocycles. The molecule has 0 unspecified atom stereocenters. The van der Waals surface area contributed by atoms with Crippen LogP contribution in [-0.2, 0) is 15.8 Å². The van der Waals surface area contributed by atoms with Crippen LogP contribution in [0.5, 0.6) is 5.75 Å². The number of ether oxygens (including phenoxy) is 1. The highest BCUT2D eigenvalue weighted by Crippen LogP contribution is 2.36. The Morgan fingerprint density at radius 3 is 2.77 bits per heavy atom. The lowest BCUT2D eigenvalue weighted by Crippen LogP contribution is -2.43. The molecular weight excluding hydrogens is 423 g/mol. The van der Waals surface area contributed by atoms with Crippen LogP contribution in [0.3, 0.4) is 0 Å². The van der Waals surface area contributed by atoms with Crippen molar-refractivity contribution >= 4 is 41.0 Å². The maximum Gasteiger partial charge on any atom is 0.417 e. The lowest BCUT2D eigenvalue weighted by molar-refractivity contribution is -0.137. The van der Waals surface area contributed by atoms with Crippen LogP contribution in [0.1, 0.15) is 18.1 Å². The van der Waals surface area contributed by atoms with Gasteiger partial charge in [0.25, 0.3) is 5.91 Å². The van der Waals surface area contributed by atoms with Crippen LogP contribution < -0.4 is 15.0 Å². The van der Waals surface area contributed by atoms with Gasteiger partial charge in [-0.25, -0.2) is 0 Å². The summed E-state index contributed by atoms with van der Waals surface area (Å²) in [6, 6.07) is 8.34. The average molecular weight is 440 g/mol. The number of alkyl halides is 3. The van der Waals surface area contributed by atoms with Crippen LogP contribution in [0.4, 0.5) is 24.5 Å². The maximum atomic E-state index is 13.0. The van der Waals surface area contributed by atoms with Gasteiger partial charge >= 0.3 is 6.18 Å². The van der Waals surface area contributed by atoms with Gasteiger partial charge in [0.1, 0.15) is 5.75 Å². The van der Waals surface area contributed by atoms with E-state index in [1.165, 1.54) is 24.1 Å². The van der Waals surface area contributed by atoms with E-state index in [-0.39, 0.29) is 42.1 Å². The highest BCUT2D eigenvalue weighted by molar-refractivity contribution is 6.31. The normalized spacial score (nSPS) is 13.9. The molecule has 0 bridgehead atoms. The summed E-state index contributed by atoms with van der Waals surface area (Å²) in [5.41, 5.74) is 0.166. The van der Waals surface area contributed by atoms with Crippen molar-refractivity contribution in [1.29, 1.82) is 0 Å². The number of nitrogens with one attached hydrogen (secondary N) is 1. The number of aliphatic imine (C=N–C) groups is 1. The van der Waals surface area contributed by atoms with E-state index in [0.29, 0.717) is 17.1 Å². The van der Waals surface area contributed by atoms with Gasteiger partial charge in [0.2, 0.25) is 5.91 Å². The smallest absolute Gasteiger partial charge is 0.417 e. The van der Waals surface area contributed by atoms with Gasteiger partial charge in [-0.05, 0) is 35.9 Å². The number of halogens is 4. The van der Waals surface area contributed by atoms with Crippen LogP contribution in [0.15, 0.2) is 41.4 Å². The number of hydrogen-bond acceptors (Lipinski definition) is 4. The summed E-state index contributed by atoms with van der Waals surface area (Å²) in [5.74, 6) is -0.0146. The first-order valence-corrected chi connectivity index (χ1v) is 9.25. The maximum absolute atomic E-state index is 13.0. The molecule has 2 aromatic carbocycles. The largest absolute Gasteiger partial charge is 0.482 e. The number of benzene rings is 2. The van der Waals surface area contributed by atoms with Crippen molar-refractivity contribution in [2.75, 3.05) is 24.6 Å². The first-order chi connectivity index (χ1) is 14.1. The molecule has 3 rings (SSSR count). The molecule has 0 aliphatic carbocycles. The third-order valence-corrected chi connectivity index (χ3v) is 4.58. The van der Waals surface area contributed by atoms with Crippen molar-refractivity contribution in [3.05, 3.63) is 52.5 Å². The number of carbonyl (C=O) groups excluding carboxylic acids is 2. The zero-order valence-electron chi connectivity index (χ0n) is 15.8. The van der Waals surface area contributed by atoms with Gasteiger partial charge in [0.15, 0.2) is 6.61 Å². The molecule has 0 fully saturated rings. The van der Waals surface area contributed by atoms with E-state index >= 15 is 0 Å². The van der Waals surface area contributed by atoms with E-state index in [4.69, 9.17) is 16.3 Å². The van der Waals surface area contributed by atoms with E-state index in [0.717, 1.165) is 12.1 Å². The molecule has 158 valence electrons. The second-order valence-electron chi connectivity index (χ2n) is 6.46. The van der Waals surface area contributed by atoms with Crippen LogP contribution in [-0.4, -0.2) is 37.7 Å². The van der Waals surface area contributed by atoms with Crippen molar-refractivity contribution in [3.8, 4) is 5.75 Å². The molecule has 6 nitrogen and oxygen atoms in total. The van der Waals surface area contributed by atoms with E-state index in [9.17, 15) is 22.8 Å². The second-order valence-corrected chi connectivity index (χ2v) is 6.87. The first-order valence-electron chi connectivity index (χ1n) is 8.87. The molecule has 0 saturated heterocycles. The molecule has 2 aromatic rings. The molecule has 2 amide bonds. The molecule has 0 spiro atoms. The van der Waals surface area contributed by atoms with Gasteiger partial charge in [-0.3, -0.25) is 14.6 Å². The lowest BCUT2D eigenvalue weighted by Gasteiger charge is -2.29. The summed E-state index contributed by atoms with van der Waals surface area (Å²) in [5, 5.41) is 2.23. The molecule has 1 aliphatic heterocycles. The molecule has 1 heterocycles. The molecule has 10 heteroatoms. The van der Waals surface area contributed by atoms with Crippen molar-refractivity contribution in [2.24, 2.45) is 4.99 Å². The Kier molecular flexibility index (Phi) is 6.31. The summed E-state index contributed by atoms with van der Waals surface area (Å²) in [6.07, 6.45) is -3.29. The minimum atomic E-state index is -4.57. The quantitative estimate of drug-likeness (QED) is 0.716. The predicted molar refractivity (Wildman–Crippen MR) is 107 cm³/mol. The van der Waals surface area contributed by atoms with E-state index in [2.05, 4.69) is 10.3 Å². The third-order valence-electron chi connectivity index (χ3n) is 4.25. The first kappa shape index (κ1) is 21.6. The van der Waals surface area contributed by atoms with Crippen LogP contribution >= 0.6 is 11.6 Å².